The molecule has 0 amide bonds. The molecule has 33 heavy (non-hydrogen) atoms. The number of nitrogens with zero attached hydrogens (tertiary/aromatic N) is 6. The maximum absolute atomic E-state index is 12.3. The quantitative estimate of drug-likeness (QED) is 0.342. The van der Waals surface area contributed by atoms with Crippen LogP contribution in [0.4, 0.5) is 5.82 Å². The van der Waals surface area contributed by atoms with Crippen LogP contribution in [0.3, 0.4) is 0 Å². The zero-order valence-corrected chi connectivity index (χ0v) is 19.2. The molecule has 1 aromatic carbocycles. The summed E-state index contributed by atoms with van der Waals surface area (Å²) in [5, 5.41) is 5.59. The second-order valence-electron chi connectivity index (χ2n) is 8.63. The molecule has 0 aliphatic heterocycles. The third-order valence-corrected chi connectivity index (χ3v) is 5.95. The Kier molecular flexibility index (Phi) is 5.17. The first kappa shape index (κ1) is 20.9. The van der Waals surface area contributed by atoms with Crippen molar-refractivity contribution >= 4 is 28.2 Å². The number of hydrogen-bond acceptors (Lipinski definition) is 5. The number of benzene rings is 1. The van der Waals surface area contributed by atoms with Crippen LogP contribution in [0.25, 0.3) is 27.8 Å². The molecule has 0 aliphatic rings. The van der Waals surface area contributed by atoms with E-state index in [1.54, 1.807) is 23.8 Å². The maximum Gasteiger partial charge on any atom is 0.168 e. The second kappa shape index (κ2) is 8.16. The molecule has 0 spiro atoms. The van der Waals surface area contributed by atoms with Crippen molar-refractivity contribution < 1.29 is 4.79 Å². The van der Waals surface area contributed by atoms with Crippen LogP contribution < -0.4 is 4.90 Å². The minimum Gasteiger partial charge on any atom is -0.355 e. The van der Waals surface area contributed by atoms with Gasteiger partial charge in [0.15, 0.2) is 11.4 Å². The Bertz CT molecular complexity index is 1460. The molecule has 4 heterocycles. The number of carbonyl (C=O) groups excluding carboxylic acids is 1. The monoisotopic (exact) mass is 438 g/mol. The number of carbonyl (C=O) groups is 1. The maximum atomic E-state index is 12.3. The molecule has 0 aliphatic carbocycles. The number of anilines is 1. The first-order chi connectivity index (χ1) is 15.9. The van der Waals surface area contributed by atoms with E-state index in [0.717, 1.165) is 28.0 Å². The highest BCUT2D eigenvalue weighted by atomic mass is 16.1. The molecule has 4 aromatic heterocycles. The molecule has 5 aromatic rings. The number of fused-ring (bicyclic) bond motifs is 2. The Labute approximate surface area is 192 Å². The molecule has 0 saturated heterocycles. The van der Waals surface area contributed by atoms with Crippen LogP contribution in [0.15, 0.2) is 67.3 Å². The average molecular weight is 439 g/mol. The molecule has 0 unspecified atom stereocenters. The summed E-state index contributed by atoms with van der Waals surface area (Å²) in [6.45, 7) is 6.55. The number of aromatic nitrogens is 5. The highest BCUT2D eigenvalue weighted by Gasteiger charge is 2.20. The lowest BCUT2D eigenvalue weighted by molar-refractivity contribution is 0.101. The fourth-order valence-electron chi connectivity index (χ4n) is 4.27. The third-order valence-electron chi connectivity index (χ3n) is 5.95. The molecule has 7 heteroatoms. The van der Waals surface area contributed by atoms with E-state index < -0.39 is 0 Å². The topological polar surface area (TPSA) is 68.3 Å². The van der Waals surface area contributed by atoms with Crippen molar-refractivity contribution in [3.05, 3.63) is 78.4 Å². The van der Waals surface area contributed by atoms with Gasteiger partial charge in [-0.15, -0.1) is 0 Å². The summed E-state index contributed by atoms with van der Waals surface area (Å²) in [5.41, 5.74) is 5.14. The molecular weight excluding hydrogens is 412 g/mol. The Hall–Kier alpha value is -4.00. The van der Waals surface area contributed by atoms with Crippen LogP contribution in [-0.2, 0) is 6.54 Å². The predicted octanol–water partition coefficient (Wildman–Crippen LogP) is 5.17. The van der Waals surface area contributed by atoms with Crippen molar-refractivity contribution in [3.63, 3.8) is 0 Å². The van der Waals surface area contributed by atoms with Crippen molar-refractivity contribution in [2.24, 2.45) is 0 Å². The zero-order chi connectivity index (χ0) is 23.1. The number of rotatable bonds is 6. The number of ketones is 1. The number of Topliss-reactive ketones (excluding diaryl/α,β-unsaturated/α-hetero) is 1. The van der Waals surface area contributed by atoms with Crippen LogP contribution in [0.5, 0.6) is 0 Å². The molecule has 0 atom stereocenters. The zero-order valence-electron chi connectivity index (χ0n) is 19.2. The van der Waals surface area contributed by atoms with Gasteiger partial charge in [-0.3, -0.25) is 9.78 Å². The summed E-state index contributed by atoms with van der Waals surface area (Å²) >= 11 is 0. The van der Waals surface area contributed by atoms with Gasteiger partial charge in [-0.05, 0) is 32.4 Å². The van der Waals surface area contributed by atoms with Crippen LogP contribution in [0, 0.1) is 0 Å². The van der Waals surface area contributed by atoms with Crippen molar-refractivity contribution in [2.75, 3.05) is 11.9 Å². The number of pyridine rings is 1. The Morgan fingerprint density at radius 1 is 1.12 bits per heavy atom. The Morgan fingerprint density at radius 2 is 1.91 bits per heavy atom. The van der Waals surface area contributed by atoms with Gasteiger partial charge < -0.3 is 9.47 Å². The van der Waals surface area contributed by atoms with Crippen molar-refractivity contribution in [3.8, 4) is 11.3 Å². The van der Waals surface area contributed by atoms with Gasteiger partial charge in [-0.25, -0.2) is 4.98 Å². The first-order valence-corrected chi connectivity index (χ1v) is 11.0. The van der Waals surface area contributed by atoms with Gasteiger partial charge in [-0.1, -0.05) is 30.3 Å². The Balaban J connectivity index is 1.73. The molecule has 0 saturated carbocycles. The van der Waals surface area contributed by atoms with Crippen molar-refractivity contribution in [1.29, 1.82) is 0 Å². The van der Waals surface area contributed by atoms with Crippen molar-refractivity contribution in [2.45, 2.75) is 33.4 Å². The van der Waals surface area contributed by atoms with E-state index in [0.29, 0.717) is 17.8 Å². The fraction of sp³-hybridized carbons (Fsp3) is 0.231. The SMILES string of the molecule is CC(=O)c1cnn2c(N(C)Cc3ccccc3)cc(-c3cn(C(C)C)c4cnccc34)nc12. The van der Waals surface area contributed by atoms with Gasteiger partial charge in [0.05, 0.1) is 29.2 Å². The molecular formula is C26H26N6O. The molecule has 0 fully saturated rings. The second-order valence-corrected chi connectivity index (χ2v) is 8.63. The van der Waals surface area contributed by atoms with E-state index in [-0.39, 0.29) is 11.8 Å². The largest absolute Gasteiger partial charge is 0.355 e. The van der Waals surface area contributed by atoms with Crippen LogP contribution in [-0.4, -0.2) is 37.0 Å². The molecule has 166 valence electrons. The van der Waals surface area contributed by atoms with E-state index in [1.807, 2.05) is 43.6 Å². The molecule has 0 N–H and O–H groups in total. The van der Waals surface area contributed by atoms with Gasteiger partial charge in [0, 0.05) is 49.0 Å². The highest BCUT2D eigenvalue weighted by Crippen LogP contribution is 2.34. The average Bonchev–Trinajstić information content (AvgIpc) is 3.41. The van der Waals surface area contributed by atoms with Gasteiger partial charge >= 0.3 is 0 Å². The lowest BCUT2D eigenvalue weighted by Gasteiger charge is -2.21. The van der Waals surface area contributed by atoms with Gasteiger partial charge in [-0.2, -0.15) is 9.61 Å². The van der Waals surface area contributed by atoms with Gasteiger partial charge in [0.2, 0.25) is 0 Å². The lowest BCUT2D eigenvalue weighted by atomic mass is 10.1. The molecule has 0 bridgehead atoms. The van der Waals surface area contributed by atoms with E-state index in [2.05, 4.69) is 51.7 Å². The van der Waals surface area contributed by atoms with Crippen LogP contribution in [0.2, 0.25) is 0 Å². The summed E-state index contributed by atoms with van der Waals surface area (Å²) in [5.74, 6) is 0.811. The molecule has 7 nitrogen and oxygen atoms in total. The minimum atomic E-state index is -0.0554. The Morgan fingerprint density at radius 3 is 2.64 bits per heavy atom. The van der Waals surface area contributed by atoms with Gasteiger partial charge in [0.1, 0.15) is 5.82 Å². The minimum absolute atomic E-state index is 0.0554. The van der Waals surface area contributed by atoms with E-state index in [4.69, 9.17) is 4.98 Å². The first-order valence-electron chi connectivity index (χ1n) is 11.0. The van der Waals surface area contributed by atoms with Crippen LogP contribution >= 0.6 is 0 Å². The molecule has 5 rings (SSSR count). The summed E-state index contributed by atoms with van der Waals surface area (Å²) in [6, 6.07) is 14.6. The summed E-state index contributed by atoms with van der Waals surface area (Å²) in [4.78, 5) is 23.7. The van der Waals surface area contributed by atoms with E-state index in [1.165, 1.54) is 5.56 Å². The van der Waals surface area contributed by atoms with E-state index in [9.17, 15) is 4.79 Å². The van der Waals surface area contributed by atoms with Crippen molar-refractivity contribution in [1.82, 2.24) is 24.1 Å². The third kappa shape index (κ3) is 3.65. The summed E-state index contributed by atoms with van der Waals surface area (Å²) < 4.78 is 3.96. The lowest BCUT2D eigenvalue weighted by Crippen LogP contribution is -2.20. The predicted molar refractivity (Wildman–Crippen MR) is 131 cm³/mol. The normalized spacial score (nSPS) is 11.5. The summed E-state index contributed by atoms with van der Waals surface area (Å²) in [7, 11) is 2.03. The van der Waals surface area contributed by atoms with Gasteiger partial charge in [0.25, 0.3) is 0 Å². The van der Waals surface area contributed by atoms with Crippen LogP contribution in [0.1, 0.15) is 42.7 Å². The molecule has 0 radical (unpaired) electrons. The fourth-order valence-corrected chi connectivity index (χ4v) is 4.27. The standard InChI is InChI=1S/C26H26N6O/c1-17(2)31-16-22(20-10-11-27-14-24(20)31)23-12-25(30(4)15-19-8-6-5-7-9-19)32-26(29-23)21(13-28-32)18(3)33/h5-14,16-17H,15H2,1-4H3. The van der Waals surface area contributed by atoms with E-state index >= 15 is 0 Å². The summed E-state index contributed by atoms with van der Waals surface area (Å²) in [6.07, 6.45) is 7.42. The smallest absolute Gasteiger partial charge is 0.168 e. The highest BCUT2D eigenvalue weighted by molar-refractivity contribution is 6.01. The number of hydrogen-bond donors (Lipinski definition) is 0.